The maximum Gasteiger partial charge on any atom is 0.321 e. The summed E-state index contributed by atoms with van der Waals surface area (Å²) in [4.78, 5) is 52.9. The van der Waals surface area contributed by atoms with E-state index in [0.29, 0.717) is 49.5 Å². The molecular formula is C43H64N8O6. The highest BCUT2D eigenvalue weighted by molar-refractivity contribution is 5.95. The monoisotopic (exact) mass is 788 g/mol. The molecule has 0 spiro atoms. The largest absolute Gasteiger partial charge is 0.396 e. The van der Waals surface area contributed by atoms with Gasteiger partial charge in [-0.1, -0.05) is 19.1 Å². The number of nitrogens with zero attached hydrogens (tertiary/aromatic N) is 5. The van der Waals surface area contributed by atoms with E-state index >= 15 is 0 Å². The molecule has 3 aromatic rings. The molecule has 2 aromatic carbocycles. The number of fused-ring (bicyclic) bond motifs is 1. The van der Waals surface area contributed by atoms with Crippen molar-refractivity contribution in [2.24, 2.45) is 0 Å². The molecule has 4 N–H and O–H groups in total. The molecule has 2 unspecified atom stereocenters. The van der Waals surface area contributed by atoms with E-state index in [4.69, 9.17) is 14.6 Å². The van der Waals surface area contributed by atoms with E-state index < -0.39 is 0 Å². The number of likely N-dealkylation sites (tertiary alicyclic amines) is 1. The first-order chi connectivity index (χ1) is 27.1. The third-order valence-electron chi connectivity index (χ3n) is 10.3. The molecule has 0 aliphatic carbocycles. The standard InChI is InChI=1S/C42H62N8O5.CH2O/c1-28(2)50-38-29(3)26-49(33-15-11-31(12-16-33)40(53)47(7)8)27-36(38)37(46-50)39(52)43-25-30-9-13-32(14-10-30)45-41(54)48-22-18-35(19-23-48)55-34(20-24-51)17-21-44-42(4,5)6;1-2/h9-16,28-29,34-35,44,51H,17-27H2,1-8H3,(H,43,52)(H,45,54);1H2. The molecule has 3 heterocycles. The van der Waals surface area contributed by atoms with Crippen LogP contribution in [-0.2, 0) is 22.6 Å². The van der Waals surface area contributed by atoms with E-state index in [2.05, 4.69) is 62.4 Å². The minimum Gasteiger partial charge on any atom is -0.396 e. The molecule has 312 valence electrons. The molecule has 2 aliphatic heterocycles. The number of amides is 4. The van der Waals surface area contributed by atoms with E-state index in [1.807, 2.05) is 64.9 Å². The molecule has 0 saturated carbocycles. The van der Waals surface area contributed by atoms with E-state index in [0.717, 1.165) is 54.9 Å². The van der Waals surface area contributed by atoms with Crippen molar-refractivity contribution in [3.8, 4) is 0 Å². The summed E-state index contributed by atoms with van der Waals surface area (Å²) >= 11 is 0. The zero-order valence-electron chi connectivity index (χ0n) is 35.1. The van der Waals surface area contributed by atoms with Gasteiger partial charge in [0.15, 0.2) is 5.69 Å². The number of rotatable bonds is 14. The number of hydrogen-bond acceptors (Lipinski definition) is 9. The maximum absolute atomic E-state index is 13.7. The van der Waals surface area contributed by atoms with Gasteiger partial charge in [-0.3, -0.25) is 14.3 Å². The Labute approximate surface area is 338 Å². The SMILES string of the molecule is C=O.CC1CN(c2ccc(C(=O)N(C)C)cc2)Cc2c(C(=O)NCc3ccc(NC(=O)N4CCC(OC(CCO)CCNC(C)(C)C)CC4)cc3)nn(C(C)C)c21. The lowest BCUT2D eigenvalue weighted by Gasteiger charge is -2.34. The van der Waals surface area contributed by atoms with Crippen LogP contribution in [0.3, 0.4) is 0 Å². The zero-order chi connectivity index (χ0) is 41.9. The van der Waals surface area contributed by atoms with Crippen LogP contribution in [-0.4, -0.2) is 114 Å². The molecule has 14 nitrogen and oxygen atoms in total. The zero-order valence-corrected chi connectivity index (χ0v) is 35.1. The number of aromatic nitrogens is 2. The average molecular weight is 789 g/mol. The quantitative estimate of drug-likeness (QED) is 0.164. The third-order valence-corrected chi connectivity index (χ3v) is 10.3. The van der Waals surface area contributed by atoms with E-state index in [-0.39, 0.29) is 54.2 Å². The predicted octanol–water partition coefficient (Wildman–Crippen LogP) is 5.58. The Hall–Kier alpha value is -4.79. The van der Waals surface area contributed by atoms with Crippen molar-refractivity contribution >= 4 is 36.0 Å². The molecule has 57 heavy (non-hydrogen) atoms. The topological polar surface area (TPSA) is 161 Å². The van der Waals surface area contributed by atoms with Crippen LogP contribution in [0, 0.1) is 0 Å². The molecule has 4 amide bonds. The minimum atomic E-state index is -0.231. The Balaban J connectivity index is 0.00000354. The summed E-state index contributed by atoms with van der Waals surface area (Å²) in [5.41, 5.74) is 5.68. The number of carbonyl (C=O) groups excluding carboxylic acids is 4. The van der Waals surface area contributed by atoms with Crippen molar-refractivity contribution in [1.82, 2.24) is 30.2 Å². The summed E-state index contributed by atoms with van der Waals surface area (Å²) in [6, 6.07) is 15.1. The first kappa shape index (κ1) is 44.9. The van der Waals surface area contributed by atoms with Crippen LogP contribution in [0.25, 0.3) is 0 Å². The van der Waals surface area contributed by atoms with Crippen LogP contribution in [0.2, 0.25) is 0 Å². The molecule has 2 aliphatic rings. The fourth-order valence-corrected chi connectivity index (χ4v) is 7.35. The Morgan fingerprint density at radius 1 is 1.00 bits per heavy atom. The fourth-order valence-electron chi connectivity index (χ4n) is 7.35. The van der Waals surface area contributed by atoms with Gasteiger partial charge in [0, 0.05) is 99.1 Å². The summed E-state index contributed by atoms with van der Waals surface area (Å²) in [6.07, 6.45) is 3.00. The minimum absolute atomic E-state index is 0.0121. The number of aliphatic hydroxyl groups is 1. The van der Waals surface area contributed by atoms with Crippen molar-refractivity contribution in [2.45, 2.75) is 110 Å². The molecule has 5 rings (SSSR count). The predicted molar refractivity (Wildman–Crippen MR) is 224 cm³/mol. The second-order valence-electron chi connectivity index (χ2n) is 16.5. The maximum atomic E-state index is 13.7. The van der Waals surface area contributed by atoms with Crippen molar-refractivity contribution in [2.75, 3.05) is 57.1 Å². The van der Waals surface area contributed by atoms with Gasteiger partial charge in [-0.25, -0.2) is 4.79 Å². The van der Waals surface area contributed by atoms with Gasteiger partial charge in [0.1, 0.15) is 6.79 Å². The number of aliphatic hydroxyl groups excluding tert-OH is 1. The molecule has 0 bridgehead atoms. The number of piperidine rings is 1. The molecule has 1 fully saturated rings. The fraction of sp³-hybridized carbons (Fsp3) is 0.558. The number of nitrogens with one attached hydrogen (secondary N) is 3. The summed E-state index contributed by atoms with van der Waals surface area (Å²) < 4.78 is 8.34. The smallest absolute Gasteiger partial charge is 0.321 e. The lowest BCUT2D eigenvalue weighted by molar-refractivity contribution is -0.0980. The summed E-state index contributed by atoms with van der Waals surface area (Å²) in [5.74, 6) is -0.133. The van der Waals surface area contributed by atoms with Gasteiger partial charge in [0.2, 0.25) is 0 Å². The number of carbonyl (C=O) groups is 4. The second kappa shape index (κ2) is 20.6. The molecule has 14 heteroatoms. The van der Waals surface area contributed by atoms with Gasteiger partial charge in [0.05, 0.1) is 12.2 Å². The summed E-state index contributed by atoms with van der Waals surface area (Å²) in [5, 5.41) is 23.9. The van der Waals surface area contributed by atoms with Gasteiger partial charge >= 0.3 is 6.03 Å². The van der Waals surface area contributed by atoms with E-state index in [1.165, 1.54) is 0 Å². The van der Waals surface area contributed by atoms with Crippen LogP contribution in [0.1, 0.15) is 117 Å². The van der Waals surface area contributed by atoms with Gasteiger partial charge in [-0.05, 0) is 109 Å². The Morgan fingerprint density at radius 2 is 1.65 bits per heavy atom. The first-order valence-corrected chi connectivity index (χ1v) is 20.0. The van der Waals surface area contributed by atoms with Crippen molar-refractivity contribution in [3.05, 3.63) is 76.6 Å². The van der Waals surface area contributed by atoms with Crippen molar-refractivity contribution in [1.29, 1.82) is 0 Å². The lowest BCUT2D eigenvalue weighted by atomic mass is 9.95. The number of hydrogen-bond donors (Lipinski definition) is 4. The van der Waals surface area contributed by atoms with Crippen LogP contribution >= 0.6 is 0 Å². The van der Waals surface area contributed by atoms with Crippen LogP contribution < -0.4 is 20.9 Å². The van der Waals surface area contributed by atoms with Crippen LogP contribution in [0.5, 0.6) is 0 Å². The van der Waals surface area contributed by atoms with Gasteiger partial charge in [0.25, 0.3) is 11.8 Å². The van der Waals surface area contributed by atoms with Gasteiger partial charge < -0.3 is 45.3 Å². The molecule has 2 atom stereocenters. The molecular weight excluding hydrogens is 725 g/mol. The number of urea groups is 1. The number of benzene rings is 2. The highest BCUT2D eigenvalue weighted by Crippen LogP contribution is 2.35. The third kappa shape index (κ3) is 12.3. The number of anilines is 2. The van der Waals surface area contributed by atoms with Crippen molar-refractivity contribution < 1.29 is 29.0 Å². The average Bonchev–Trinajstić information content (AvgIpc) is 3.59. The first-order valence-electron chi connectivity index (χ1n) is 20.0. The summed E-state index contributed by atoms with van der Waals surface area (Å²) in [6.45, 7) is 18.5. The van der Waals surface area contributed by atoms with Gasteiger partial charge in [-0.2, -0.15) is 5.10 Å². The van der Waals surface area contributed by atoms with Gasteiger partial charge in [-0.15, -0.1) is 0 Å². The Morgan fingerprint density at radius 3 is 2.23 bits per heavy atom. The Kier molecular flexibility index (Phi) is 16.2. The highest BCUT2D eigenvalue weighted by Gasteiger charge is 2.33. The van der Waals surface area contributed by atoms with E-state index in [1.54, 1.807) is 19.0 Å². The Bertz CT molecular complexity index is 1760. The summed E-state index contributed by atoms with van der Waals surface area (Å²) in [7, 11) is 3.48. The molecule has 0 radical (unpaired) electrons. The van der Waals surface area contributed by atoms with Crippen molar-refractivity contribution in [3.63, 3.8) is 0 Å². The normalized spacial score (nSPS) is 16.4. The van der Waals surface area contributed by atoms with Crippen LogP contribution in [0.4, 0.5) is 16.2 Å². The lowest BCUT2D eigenvalue weighted by Crippen LogP contribution is -2.44. The molecule has 1 aromatic heterocycles. The second-order valence-corrected chi connectivity index (χ2v) is 16.5. The molecule has 1 saturated heterocycles. The van der Waals surface area contributed by atoms with E-state index in [9.17, 15) is 19.5 Å². The number of ether oxygens (including phenoxy) is 1. The highest BCUT2D eigenvalue weighted by atomic mass is 16.5. The van der Waals surface area contributed by atoms with Crippen LogP contribution in [0.15, 0.2) is 48.5 Å².